The smallest absolute Gasteiger partial charge is 0.222 e. The van der Waals surface area contributed by atoms with Crippen LogP contribution in [-0.4, -0.2) is 27.7 Å². The summed E-state index contributed by atoms with van der Waals surface area (Å²) in [5.41, 5.74) is 4.32. The second kappa shape index (κ2) is 9.67. The molecule has 0 fully saturated rings. The molecule has 1 N–H and O–H groups in total. The lowest BCUT2D eigenvalue weighted by Crippen LogP contribution is -2.06. The van der Waals surface area contributed by atoms with Crippen molar-refractivity contribution in [1.82, 2.24) is 19.7 Å². The minimum absolute atomic E-state index is 0.515. The second-order valence-electron chi connectivity index (χ2n) is 6.89. The van der Waals surface area contributed by atoms with E-state index >= 15 is 0 Å². The average Bonchev–Trinajstić information content (AvgIpc) is 3.21. The van der Waals surface area contributed by atoms with Crippen molar-refractivity contribution in [3.63, 3.8) is 0 Å². The van der Waals surface area contributed by atoms with Crippen LogP contribution in [0.1, 0.15) is 12.5 Å². The number of hydrogen-bond donors (Lipinski definition) is 1. The van der Waals surface area contributed by atoms with Gasteiger partial charge in [-0.2, -0.15) is 5.10 Å². The zero-order valence-corrected chi connectivity index (χ0v) is 17.6. The zero-order valence-electron chi connectivity index (χ0n) is 17.6. The Bertz CT molecular complexity index is 1330. The van der Waals surface area contributed by atoms with Crippen LogP contribution < -0.4 is 9.96 Å². The van der Waals surface area contributed by atoms with Crippen LogP contribution in [-0.2, 0) is 6.54 Å². The van der Waals surface area contributed by atoms with E-state index in [0.29, 0.717) is 18.1 Å². The first-order valence-corrected chi connectivity index (χ1v) is 10.0. The van der Waals surface area contributed by atoms with Gasteiger partial charge in [0.05, 0.1) is 11.9 Å². The summed E-state index contributed by atoms with van der Waals surface area (Å²) < 4.78 is 7.72. The number of anilines is 1. The fourth-order valence-corrected chi connectivity index (χ4v) is 3.34. The molecule has 0 unspecified atom stereocenters. The van der Waals surface area contributed by atoms with Crippen molar-refractivity contribution in [3.05, 3.63) is 90.6 Å². The quantitative estimate of drug-likeness (QED) is 0.208. The highest BCUT2D eigenvalue weighted by Gasteiger charge is 2.15. The lowest BCUT2D eigenvalue weighted by molar-refractivity contribution is 0.443. The Morgan fingerprint density at radius 2 is 2.03 bits per heavy atom. The molecule has 6 nitrogen and oxygen atoms in total. The van der Waals surface area contributed by atoms with Crippen molar-refractivity contribution in [2.24, 2.45) is 0 Å². The van der Waals surface area contributed by atoms with E-state index in [9.17, 15) is 0 Å². The van der Waals surface area contributed by atoms with Gasteiger partial charge in [0.1, 0.15) is 23.5 Å². The molecule has 2 radical (unpaired) electrons. The summed E-state index contributed by atoms with van der Waals surface area (Å²) in [5.74, 6) is 3.83. The Kier molecular flexibility index (Phi) is 6.33. The van der Waals surface area contributed by atoms with Crippen molar-refractivity contribution in [2.45, 2.75) is 13.5 Å². The summed E-state index contributed by atoms with van der Waals surface area (Å²) in [5, 5.41) is 8.44. The number of nitrogens with one attached hydrogen (secondary N) is 1. The minimum Gasteiger partial charge on any atom is -0.458 e. The van der Waals surface area contributed by atoms with Gasteiger partial charge < -0.3 is 9.96 Å². The van der Waals surface area contributed by atoms with Gasteiger partial charge in [-0.1, -0.05) is 24.1 Å². The first-order chi connectivity index (χ1) is 15.7. The number of aromatic nitrogens is 4. The third-order valence-corrected chi connectivity index (χ3v) is 4.90. The lowest BCUT2D eigenvalue weighted by Gasteiger charge is -2.09. The summed E-state index contributed by atoms with van der Waals surface area (Å²) in [6.45, 7) is 2.41. The standard InChI is InChI=1S/C25H20BN5O/c1-3-5-9-20(4-2)32-21-13-11-18(12-14-21)24-22-15-27-17-28-25(22)31(30-24)16-19-8-6-7-10-23(19)29-26/h1,4-15,17,29H,16H2,2H3/b9-5-,20-4+. The van der Waals surface area contributed by atoms with Crippen LogP contribution in [0.15, 0.2) is 85.0 Å². The maximum absolute atomic E-state index is 5.86. The van der Waals surface area contributed by atoms with Gasteiger partial charge in [0.2, 0.25) is 7.98 Å². The Balaban J connectivity index is 1.67. The summed E-state index contributed by atoms with van der Waals surface area (Å²) in [7, 11) is 5.66. The van der Waals surface area contributed by atoms with E-state index in [1.807, 2.05) is 66.2 Å². The van der Waals surface area contributed by atoms with E-state index in [1.165, 1.54) is 6.33 Å². The summed E-state index contributed by atoms with van der Waals surface area (Å²) in [6.07, 6.45) is 13.8. The van der Waals surface area contributed by atoms with Crippen LogP contribution in [0.25, 0.3) is 22.3 Å². The van der Waals surface area contributed by atoms with Crippen molar-refractivity contribution >= 4 is 24.7 Å². The van der Waals surface area contributed by atoms with E-state index in [-0.39, 0.29) is 0 Å². The first kappa shape index (κ1) is 20.9. The maximum atomic E-state index is 5.86. The normalized spacial score (nSPS) is 11.6. The second-order valence-corrected chi connectivity index (χ2v) is 6.89. The average molecular weight is 417 g/mol. The van der Waals surface area contributed by atoms with E-state index in [1.54, 1.807) is 18.3 Å². The molecule has 0 aliphatic carbocycles. The lowest BCUT2D eigenvalue weighted by atomic mass is 10.1. The fourth-order valence-electron chi connectivity index (χ4n) is 3.34. The number of para-hydroxylation sites is 1. The van der Waals surface area contributed by atoms with Crippen molar-refractivity contribution in [1.29, 1.82) is 0 Å². The number of terminal acetylenes is 1. The molecule has 0 spiro atoms. The first-order valence-electron chi connectivity index (χ1n) is 10.0. The predicted molar refractivity (Wildman–Crippen MR) is 128 cm³/mol. The van der Waals surface area contributed by atoms with Crippen LogP contribution in [0.2, 0.25) is 0 Å². The van der Waals surface area contributed by atoms with Crippen molar-refractivity contribution in [3.8, 4) is 29.4 Å². The summed E-state index contributed by atoms with van der Waals surface area (Å²) in [4.78, 5) is 8.65. The third-order valence-electron chi connectivity index (χ3n) is 4.90. The molecule has 0 atom stereocenters. The summed E-state index contributed by atoms with van der Waals surface area (Å²) in [6, 6.07) is 15.5. The van der Waals surface area contributed by atoms with Crippen LogP contribution in [0.4, 0.5) is 5.69 Å². The Morgan fingerprint density at radius 3 is 2.78 bits per heavy atom. The highest BCUT2D eigenvalue weighted by atomic mass is 16.5. The molecule has 0 aliphatic rings. The van der Waals surface area contributed by atoms with Gasteiger partial charge >= 0.3 is 0 Å². The predicted octanol–water partition coefficient (Wildman–Crippen LogP) is 4.51. The highest BCUT2D eigenvalue weighted by Crippen LogP contribution is 2.29. The number of allylic oxidation sites excluding steroid dienone is 3. The number of nitrogens with zero attached hydrogens (tertiary/aromatic N) is 4. The zero-order chi connectivity index (χ0) is 22.3. The molecule has 4 aromatic rings. The van der Waals surface area contributed by atoms with E-state index in [2.05, 4.69) is 21.1 Å². The Labute approximate surface area is 188 Å². The largest absolute Gasteiger partial charge is 0.458 e. The van der Waals surface area contributed by atoms with Crippen LogP contribution >= 0.6 is 0 Å². The number of ether oxygens (including phenoxy) is 1. The Hall–Kier alpha value is -4.31. The van der Waals surface area contributed by atoms with Crippen LogP contribution in [0.3, 0.4) is 0 Å². The molecule has 32 heavy (non-hydrogen) atoms. The molecule has 7 heteroatoms. The van der Waals surface area contributed by atoms with E-state index < -0.39 is 0 Å². The van der Waals surface area contributed by atoms with Gasteiger partial charge in [0.15, 0.2) is 5.65 Å². The maximum Gasteiger partial charge on any atom is 0.222 e. The van der Waals surface area contributed by atoms with Gasteiger partial charge in [0.25, 0.3) is 0 Å². The van der Waals surface area contributed by atoms with E-state index in [4.69, 9.17) is 24.2 Å². The molecule has 0 bridgehead atoms. The molecule has 2 heterocycles. The third kappa shape index (κ3) is 4.40. The Morgan fingerprint density at radius 1 is 1.22 bits per heavy atom. The van der Waals surface area contributed by atoms with Crippen molar-refractivity contribution < 1.29 is 4.74 Å². The molecule has 4 rings (SSSR count). The SMILES string of the molecule is [B]Nc1ccccc1Cn1nc(-c2ccc(OC(/C=C\C#C)=C/C)cc2)c2cncnc21. The number of hydrogen-bond acceptors (Lipinski definition) is 5. The molecule has 0 saturated heterocycles. The molecule has 0 saturated carbocycles. The molecule has 0 amide bonds. The fraction of sp³-hybridized carbons (Fsp3) is 0.0800. The van der Waals surface area contributed by atoms with Gasteiger partial charge in [-0.3, -0.25) is 0 Å². The molecule has 0 aliphatic heterocycles. The monoisotopic (exact) mass is 417 g/mol. The molecule has 2 aromatic heterocycles. The van der Waals surface area contributed by atoms with E-state index in [0.717, 1.165) is 33.5 Å². The summed E-state index contributed by atoms with van der Waals surface area (Å²) >= 11 is 0. The van der Waals surface area contributed by atoms with Gasteiger partial charge in [0, 0.05) is 17.4 Å². The molecule has 2 aromatic carbocycles. The van der Waals surface area contributed by atoms with Crippen LogP contribution in [0, 0.1) is 12.3 Å². The molecular formula is C25H20BN5O. The van der Waals surface area contributed by atoms with Gasteiger partial charge in [-0.05, 0) is 61.0 Å². The van der Waals surface area contributed by atoms with Gasteiger partial charge in [-0.15, -0.1) is 6.42 Å². The number of rotatable bonds is 7. The van der Waals surface area contributed by atoms with Gasteiger partial charge in [-0.25, -0.2) is 14.6 Å². The van der Waals surface area contributed by atoms with Crippen LogP contribution in [0.5, 0.6) is 5.75 Å². The molecular weight excluding hydrogens is 397 g/mol. The number of benzene rings is 2. The topological polar surface area (TPSA) is 64.9 Å². The van der Waals surface area contributed by atoms with Crippen molar-refractivity contribution in [2.75, 3.05) is 5.23 Å². The highest BCUT2D eigenvalue weighted by molar-refractivity contribution is 6.16. The molecule has 154 valence electrons. The number of fused-ring (bicyclic) bond motifs is 1. The minimum atomic E-state index is 0.515.